The molecule has 0 saturated carbocycles. The van der Waals surface area contributed by atoms with Crippen LogP contribution in [0, 0.1) is 5.92 Å². The van der Waals surface area contributed by atoms with Crippen molar-refractivity contribution in [2.45, 2.75) is 32.8 Å². The summed E-state index contributed by atoms with van der Waals surface area (Å²) in [5, 5.41) is 5.76. The number of rotatable bonds is 8. The maximum atomic E-state index is 13.0. The van der Waals surface area contributed by atoms with E-state index >= 15 is 0 Å². The molecule has 6 nitrogen and oxygen atoms in total. The summed E-state index contributed by atoms with van der Waals surface area (Å²) in [7, 11) is 0. The molecule has 0 bridgehead atoms. The Hall–Kier alpha value is -2.38. The largest absolute Gasteiger partial charge is 0.492 e. The van der Waals surface area contributed by atoms with Gasteiger partial charge in [0.15, 0.2) is 0 Å². The van der Waals surface area contributed by atoms with Crippen LogP contribution in [0.25, 0.3) is 0 Å². The van der Waals surface area contributed by atoms with E-state index in [1.54, 1.807) is 36.4 Å². The number of carbonyl (C=O) groups is 2. The molecule has 1 atom stereocenters. The van der Waals surface area contributed by atoms with Crippen molar-refractivity contribution in [1.29, 1.82) is 0 Å². The van der Waals surface area contributed by atoms with E-state index in [2.05, 4.69) is 26.6 Å². The normalized spacial score (nSPS) is 15.8. The number of para-hydroxylation sites is 1. The monoisotopic (exact) mass is 474 g/mol. The van der Waals surface area contributed by atoms with Crippen molar-refractivity contribution >= 4 is 33.4 Å². The number of anilines is 1. The minimum atomic E-state index is -0.338. The summed E-state index contributed by atoms with van der Waals surface area (Å²) >= 11 is 3.41. The van der Waals surface area contributed by atoms with Crippen LogP contribution in [0.1, 0.15) is 47.4 Å². The highest BCUT2D eigenvalue weighted by atomic mass is 79.9. The van der Waals surface area contributed by atoms with Crippen LogP contribution in [-0.2, 0) is 4.74 Å². The van der Waals surface area contributed by atoms with Gasteiger partial charge in [-0.1, -0.05) is 41.9 Å². The van der Waals surface area contributed by atoms with E-state index in [1.165, 1.54) is 0 Å². The molecule has 2 amide bonds. The van der Waals surface area contributed by atoms with Gasteiger partial charge in [0.2, 0.25) is 0 Å². The molecule has 0 radical (unpaired) electrons. The van der Waals surface area contributed by atoms with Crippen LogP contribution in [0.15, 0.2) is 46.9 Å². The first kappa shape index (κ1) is 22.3. The van der Waals surface area contributed by atoms with Crippen LogP contribution in [0.2, 0.25) is 0 Å². The molecule has 1 heterocycles. The van der Waals surface area contributed by atoms with Gasteiger partial charge in [0, 0.05) is 17.6 Å². The zero-order chi connectivity index (χ0) is 21.5. The Balaban J connectivity index is 1.74. The zero-order valence-corrected chi connectivity index (χ0v) is 18.8. The van der Waals surface area contributed by atoms with Gasteiger partial charge in [-0.15, -0.1) is 0 Å². The first-order valence-corrected chi connectivity index (χ1v) is 11.0. The molecule has 1 saturated heterocycles. The average molecular weight is 475 g/mol. The van der Waals surface area contributed by atoms with Gasteiger partial charge < -0.3 is 20.1 Å². The number of ether oxygens (including phenoxy) is 2. The molecule has 2 N–H and O–H groups in total. The molecule has 160 valence electrons. The molecule has 0 spiro atoms. The average Bonchev–Trinajstić information content (AvgIpc) is 3.25. The van der Waals surface area contributed by atoms with Crippen molar-refractivity contribution in [3.8, 4) is 5.75 Å². The molecule has 1 aliphatic heterocycles. The van der Waals surface area contributed by atoms with E-state index in [0.717, 1.165) is 23.9 Å². The van der Waals surface area contributed by atoms with E-state index in [9.17, 15) is 9.59 Å². The molecule has 1 unspecified atom stereocenters. The minimum Gasteiger partial charge on any atom is -0.492 e. The number of hydrogen-bond acceptors (Lipinski definition) is 4. The van der Waals surface area contributed by atoms with Gasteiger partial charge in [-0.25, -0.2) is 0 Å². The molecule has 30 heavy (non-hydrogen) atoms. The number of amides is 2. The molecule has 0 aliphatic carbocycles. The predicted octanol–water partition coefficient (Wildman–Crippen LogP) is 4.65. The lowest BCUT2D eigenvalue weighted by atomic mass is 10.1. The van der Waals surface area contributed by atoms with Gasteiger partial charge in [0.05, 0.1) is 29.5 Å². The van der Waals surface area contributed by atoms with Crippen molar-refractivity contribution < 1.29 is 19.1 Å². The van der Waals surface area contributed by atoms with Gasteiger partial charge in [-0.3, -0.25) is 9.59 Å². The highest BCUT2D eigenvalue weighted by Crippen LogP contribution is 2.26. The lowest BCUT2D eigenvalue weighted by Gasteiger charge is -2.16. The Morgan fingerprint density at radius 1 is 1.17 bits per heavy atom. The molecule has 1 aliphatic rings. The second-order valence-corrected chi connectivity index (χ2v) is 8.61. The highest BCUT2D eigenvalue weighted by Gasteiger charge is 2.20. The van der Waals surface area contributed by atoms with Gasteiger partial charge in [0.25, 0.3) is 11.8 Å². The Bertz CT molecular complexity index is 895. The lowest BCUT2D eigenvalue weighted by Crippen LogP contribution is -2.32. The van der Waals surface area contributed by atoms with Gasteiger partial charge >= 0.3 is 0 Å². The SMILES string of the molecule is CC(C)COc1ccc(Br)cc1C(=O)Nc1ccccc1C(=O)NCC1CCCO1. The quantitative estimate of drug-likeness (QED) is 0.583. The molecular formula is C23H27BrN2O4. The van der Waals surface area contributed by atoms with Gasteiger partial charge in [0.1, 0.15) is 5.75 Å². The first-order chi connectivity index (χ1) is 14.4. The molecule has 2 aromatic rings. The third-order valence-electron chi connectivity index (χ3n) is 4.69. The summed E-state index contributed by atoms with van der Waals surface area (Å²) in [5.41, 5.74) is 1.25. The fourth-order valence-corrected chi connectivity index (χ4v) is 3.51. The van der Waals surface area contributed by atoms with Crippen LogP contribution in [0.3, 0.4) is 0 Å². The summed E-state index contributed by atoms with van der Waals surface area (Å²) in [4.78, 5) is 25.7. The molecule has 0 aromatic heterocycles. The molecule has 3 rings (SSSR count). The van der Waals surface area contributed by atoms with Crippen molar-refractivity contribution in [1.82, 2.24) is 5.32 Å². The van der Waals surface area contributed by atoms with Crippen LogP contribution in [0.5, 0.6) is 5.75 Å². The van der Waals surface area contributed by atoms with E-state index in [0.29, 0.717) is 41.6 Å². The minimum absolute atomic E-state index is 0.0537. The number of carbonyl (C=O) groups excluding carboxylic acids is 2. The van der Waals surface area contributed by atoms with Gasteiger partial charge in [-0.2, -0.15) is 0 Å². The standard InChI is InChI=1S/C23H27BrN2O4/c1-15(2)14-30-21-10-9-16(24)12-19(21)23(28)26-20-8-4-3-7-18(20)22(27)25-13-17-6-5-11-29-17/h3-4,7-10,12,15,17H,5-6,11,13-14H2,1-2H3,(H,25,27)(H,26,28). The lowest BCUT2D eigenvalue weighted by molar-refractivity contribution is 0.0858. The van der Waals surface area contributed by atoms with Crippen LogP contribution < -0.4 is 15.4 Å². The fraction of sp³-hybridized carbons (Fsp3) is 0.391. The van der Waals surface area contributed by atoms with Crippen molar-refractivity contribution in [3.05, 3.63) is 58.1 Å². The summed E-state index contributed by atoms with van der Waals surface area (Å²) in [5.74, 6) is 0.254. The third kappa shape index (κ3) is 6.06. The molecule has 7 heteroatoms. The van der Waals surface area contributed by atoms with Gasteiger partial charge in [-0.05, 0) is 49.1 Å². The Labute approximate surface area is 185 Å². The Morgan fingerprint density at radius 3 is 2.70 bits per heavy atom. The second kappa shape index (κ2) is 10.6. The number of nitrogens with one attached hydrogen (secondary N) is 2. The number of hydrogen-bond donors (Lipinski definition) is 2. The maximum Gasteiger partial charge on any atom is 0.259 e. The Morgan fingerprint density at radius 2 is 1.97 bits per heavy atom. The van der Waals surface area contributed by atoms with Crippen molar-refractivity contribution in [2.24, 2.45) is 5.92 Å². The summed E-state index contributed by atoms with van der Waals surface area (Å²) in [6.45, 7) is 5.79. The van der Waals surface area contributed by atoms with Crippen LogP contribution >= 0.6 is 15.9 Å². The van der Waals surface area contributed by atoms with Crippen LogP contribution in [0.4, 0.5) is 5.69 Å². The van der Waals surface area contributed by atoms with E-state index in [1.807, 2.05) is 19.9 Å². The van der Waals surface area contributed by atoms with Crippen molar-refractivity contribution in [2.75, 3.05) is 25.1 Å². The summed E-state index contributed by atoms with van der Waals surface area (Å²) < 4.78 is 12.1. The van der Waals surface area contributed by atoms with E-state index < -0.39 is 0 Å². The smallest absolute Gasteiger partial charge is 0.259 e. The van der Waals surface area contributed by atoms with E-state index in [4.69, 9.17) is 9.47 Å². The Kier molecular flexibility index (Phi) is 7.87. The van der Waals surface area contributed by atoms with Crippen molar-refractivity contribution in [3.63, 3.8) is 0 Å². The van der Waals surface area contributed by atoms with E-state index in [-0.39, 0.29) is 17.9 Å². The summed E-state index contributed by atoms with van der Waals surface area (Å²) in [6, 6.07) is 12.3. The fourth-order valence-electron chi connectivity index (χ4n) is 3.15. The summed E-state index contributed by atoms with van der Waals surface area (Å²) in [6.07, 6.45) is 2.01. The second-order valence-electron chi connectivity index (χ2n) is 7.69. The van der Waals surface area contributed by atoms with Crippen LogP contribution in [-0.4, -0.2) is 37.7 Å². The first-order valence-electron chi connectivity index (χ1n) is 10.2. The number of halogens is 1. The topological polar surface area (TPSA) is 76.7 Å². The molecular weight excluding hydrogens is 448 g/mol. The maximum absolute atomic E-state index is 13.0. The predicted molar refractivity (Wildman–Crippen MR) is 120 cm³/mol. The zero-order valence-electron chi connectivity index (χ0n) is 17.2. The molecule has 1 fully saturated rings. The third-order valence-corrected chi connectivity index (χ3v) is 5.19. The highest BCUT2D eigenvalue weighted by molar-refractivity contribution is 9.10. The number of benzene rings is 2. The molecule has 2 aromatic carbocycles.